The van der Waals surface area contributed by atoms with Gasteiger partial charge in [0.05, 0.1) is 5.02 Å². The van der Waals surface area contributed by atoms with Gasteiger partial charge in [0.25, 0.3) is 5.91 Å². The van der Waals surface area contributed by atoms with E-state index in [0.29, 0.717) is 25.1 Å². The van der Waals surface area contributed by atoms with E-state index >= 15 is 0 Å². The molecule has 0 radical (unpaired) electrons. The Morgan fingerprint density at radius 1 is 1.15 bits per heavy atom. The lowest BCUT2D eigenvalue weighted by Crippen LogP contribution is -2.15. The zero-order chi connectivity index (χ0) is 19.7. The molecule has 1 aromatic carbocycles. The minimum atomic E-state index is -0.684. The summed E-state index contributed by atoms with van der Waals surface area (Å²) in [6, 6.07) is 4.55. The Morgan fingerprint density at radius 3 is 2.52 bits per heavy atom. The molecular weight excluding hydrogens is 525 g/mol. The van der Waals surface area contributed by atoms with E-state index in [-0.39, 0.29) is 22.1 Å². The number of nitrogens with two attached hydrogens (primary N) is 1. The van der Waals surface area contributed by atoms with E-state index < -0.39 is 11.8 Å². The Balaban J connectivity index is 2.15. The molecule has 7 nitrogen and oxygen atoms in total. The Hall–Kier alpha value is -1.94. The number of H-pyrrole nitrogens is 1. The van der Waals surface area contributed by atoms with E-state index in [1.807, 2.05) is 0 Å². The molecule has 11 heteroatoms. The predicted molar refractivity (Wildman–Crippen MR) is 110 cm³/mol. The zero-order valence-electron chi connectivity index (χ0n) is 13.2. The summed E-state index contributed by atoms with van der Waals surface area (Å²) < 4.78 is 1.00. The van der Waals surface area contributed by atoms with E-state index in [9.17, 15) is 9.59 Å². The standard InChI is InChI=1S/C16H9Br2Cl2N5O2/c17-8-4-6(19)3-7(14(21)26)11(8)12-9(18)5-22-15(13(12)20)24-16(27)10-1-2-23-25-10/h1-5H,(H2,21,26)(H,23,25)(H,22,24,27). The molecule has 27 heavy (non-hydrogen) atoms. The van der Waals surface area contributed by atoms with Crippen LogP contribution in [0.25, 0.3) is 11.1 Å². The fourth-order valence-corrected chi connectivity index (χ4v) is 4.28. The van der Waals surface area contributed by atoms with Crippen molar-refractivity contribution in [2.75, 3.05) is 5.32 Å². The molecule has 0 aliphatic rings. The Labute approximate surface area is 179 Å². The first kappa shape index (κ1) is 19.8. The lowest BCUT2D eigenvalue weighted by Gasteiger charge is -2.16. The summed E-state index contributed by atoms with van der Waals surface area (Å²) in [5.41, 5.74) is 6.74. The van der Waals surface area contributed by atoms with Crippen LogP contribution in [-0.2, 0) is 0 Å². The molecule has 0 aliphatic carbocycles. The van der Waals surface area contributed by atoms with Crippen LogP contribution in [0.2, 0.25) is 10.0 Å². The Morgan fingerprint density at radius 2 is 1.89 bits per heavy atom. The minimum Gasteiger partial charge on any atom is -0.366 e. The molecule has 2 heterocycles. The summed E-state index contributed by atoms with van der Waals surface area (Å²) in [5.74, 6) is -1.05. The molecule has 0 spiro atoms. The highest BCUT2D eigenvalue weighted by Crippen LogP contribution is 2.44. The summed E-state index contributed by atoms with van der Waals surface area (Å²) in [4.78, 5) is 28.3. The third-order valence-corrected chi connectivity index (χ3v) is 5.33. The number of hydrogen-bond acceptors (Lipinski definition) is 4. The number of rotatable bonds is 4. The van der Waals surface area contributed by atoms with Gasteiger partial charge in [-0.2, -0.15) is 5.10 Å². The number of primary amides is 1. The quantitative estimate of drug-likeness (QED) is 0.453. The number of nitrogens with one attached hydrogen (secondary N) is 2. The van der Waals surface area contributed by atoms with E-state index in [4.69, 9.17) is 28.9 Å². The van der Waals surface area contributed by atoms with Crippen molar-refractivity contribution < 1.29 is 9.59 Å². The summed E-state index contributed by atoms with van der Waals surface area (Å²) in [5, 5.41) is 9.31. The van der Waals surface area contributed by atoms with Crippen LogP contribution in [0.5, 0.6) is 0 Å². The molecule has 138 valence electrons. The van der Waals surface area contributed by atoms with Crippen LogP contribution in [-0.4, -0.2) is 27.0 Å². The van der Waals surface area contributed by atoms with Crippen molar-refractivity contribution in [2.24, 2.45) is 5.73 Å². The van der Waals surface area contributed by atoms with Crippen LogP contribution in [0.1, 0.15) is 20.8 Å². The van der Waals surface area contributed by atoms with E-state index in [0.717, 1.165) is 0 Å². The van der Waals surface area contributed by atoms with Crippen LogP contribution in [0, 0.1) is 0 Å². The van der Waals surface area contributed by atoms with Gasteiger partial charge in [-0.1, -0.05) is 39.1 Å². The number of halogens is 4. The predicted octanol–water partition coefficient (Wildman–Crippen LogP) is 4.65. The number of carbonyl (C=O) groups is 2. The van der Waals surface area contributed by atoms with Crippen molar-refractivity contribution in [3.8, 4) is 11.1 Å². The molecule has 0 bridgehead atoms. The maximum Gasteiger partial charge on any atom is 0.274 e. The van der Waals surface area contributed by atoms with Gasteiger partial charge in [-0.3, -0.25) is 14.7 Å². The molecule has 2 amide bonds. The monoisotopic (exact) mass is 531 g/mol. The van der Waals surface area contributed by atoms with Crippen LogP contribution in [0.15, 0.2) is 39.5 Å². The Bertz CT molecular complexity index is 1060. The summed E-state index contributed by atoms with van der Waals surface area (Å²) in [7, 11) is 0. The zero-order valence-corrected chi connectivity index (χ0v) is 17.9. The minimum absolute atomic E-state index is 0.103. The molecule has 0 aliphatic heterocycles. The van der Waals surface area contributed by atoms with E-state index in [1.54, 1.807) is 6.07 Å². The van der Waals surface area contributed by atoms with Crippen molar-refractivity contribution in [3.63, 3.8) is 0 Å². The first-order valence-corrected chi connectivity index (χ1v) is 9.57. The van der Waals surface area contributed by atoms with Crippen LogP contribution >= 0.6 is 55.1 Å². The third-order valence-electron chi connectivity index (χ3n) is 3.52. The molecule has 0 saturated heterocycles. The first-order chi connectivity index (χ1) is 12.8. The van der Waals surface area contributed by atoms with Crippen LogP contribution in [0.4, 0.5) is 5.82 Å². The van der Waals surface area contributed by atoms with Crippen molar-refractivity contribution in [1.82, 2.24) is 15.2 Å². The normalized spacial score (nSPS) is 10.7. The fourth-order valence-electron chi connectivity index (χ4n) is 2.36. The van der Waals surface area contributed by atoms with Crippen LogP contribution in [0.3, 0.4) is 0 Å². The van der Waals surface area contributed by atoms with Gasteiger partial charge in [-0.05, 0) is 34.1 Å². The largest absolute Gasteiger partial charge is 0.366 e. The third kappa shape index (κ3) is 4.01. The number of amides is 2. The second-order valence-corrected chi connectivity index (χ2v) is 7.77. The number of hydrogen-bond donors (Lipinski definition) is 3. The first-order valence-electron chi connectivity index (χ1n) is 7.23. The number of carbonyl (C=O) groups excluding carboxylic acids is 2. The molecule has 0 unspecified atom stereocenters. The average molecular weight is 534 g/mol. The van der Waals surface area contributed by atoms with Gasteiger partial charge in [-0.25, -0.2) is 4.98 Å². The van der Waals surface area contributed by atoms with Crippen LogP contribution < -0.4 is 11.1 Å². The van der Waals surface area contributed by atoms with Gasteiger partial charge in [0.1, 0.15) is 5.69 Å². The maximum atomic E-state index is 12.3. The number of pyridine rings is 1. The average Bonchev–Trinajstić information content (AvgIpc) is 3.13. The summed E-state index contributed by atoms with van der Waals surface area (Å²) >= 11 is 19.3. The molecule has 2 aromatic heterocycles. The van der Waals surface area contributed by atoms with Crippen molar-refractivity contribution in [2.45, 2.75) is 0 Å². The van der Waals surface area contributed by atoms with Gasteiger partial charge in [0.2, 0.25) is 5.91 Å². The van der Waals surface area contributed by atoms with E-state index in [1.165, 1.54) is 24.5 Å². The number of benzene rings is 1. The molecular formula is C16H9Br2Cl2N5O2. The van der Waals surface area contributed by atoms with Gasteiger partial charge in [0.15, 0.2) is 5.82 Å². The van der Waals surface area contributed by atoms with E-state index in [2.05, 4.69) is 52.4 Å². The summed E-state index contributed by atoms with van der Waals surface area (Å²) in [6.45, 7) is 0. The van der Waals surface area contributed by atoms with Gasteiger partial charge in [0, 0.05) is 43.1 Å². The SMILES string of the molecule is NC(=O)c1cc(Cl)cc(Br)c1-c1c(Br)cnc(NC(=O)c2ccn[nH]2)c1Cl. The lowest BCUT2D eigenvalue weighted by molar-refractivity contribution is 0.0997. The highest BCUT2D eigenvalue weighted by Gasteiger charge is 2.23. The number of aromatic amines is 1. The highest BCUT2D eigenvalue weighted by molar-refractivity contribution is 9.11. The highest BCUT2D eigenvalue weighted by atomic mass is 79.9. The number of aromatic nitrogens is 3. The van der Waals surface area contributed by atoms with Gasteiger partial charge in [-0.15, -0.1) is 0 Å². The lowest BCUT2D eigenvalue weighted by atomic mass is 10.00. The second-order valence-electron chi connectivity index (χ2n) is 5.24. The molecule has 0 saturated carbocycles. The molecule has 0 fully saturated rings. The number of nitrogens with zero attached hydrogens (tertiary/aromatic N) is 2. The molecule has 3 rings (SSSR count). The smallest absolute Gasteiger partial charge is 0.274 e. The number of anilines is 1. The van der Waals surface area contributed by atoms with Crippen molar-refractivity contribution in [3.05, 3.63) is 60.8 Å². The van der Waals surface area contributed by atoms with Gasteiger partial charge < -0.3 is 11.1 Å². The van der Waals surface area contributed by atoms with Gasteiger partial charge >= 0.3 is 0 Å². The molecule has 4 N–H and O–H groups in total. The second kappa shape index (κ2) is 7.97. The molecule has 3 aromatic rings. The van der Waals surface area contributed by atoms with Crippen molar-refractivity contribution in [1.29, 1.82) is 0 Å². The maximum absolute atomic E-state index is 12.3. The topological polar surface area (TPSA) is 114 Å². The summed E-state index contributed by atoms with van der Waals surface area (Å²) in [6.07, 6.45) is 2.90. The fraction of sp³-hybridized carbons (Fsp3) is 0. The Kier molecular flexibility index (Phi) is 5.85. The molecule has 0 atom stereocenters. The van der Waals surface area contributed by atoms with Crippen molar-refractivity contribution >= 4 is 72.7 Å².